The van der Waals surface area contributed by atoms with Crippen molar-refractivity contribution in [3.8, 4) is 0 Å². The number of carbonyl (C=O) groups is 1. The van der Waals surface area contributed by atoms with Gasteiger partial charge in [0.1, 0.15) is 0 Å². The van der Waals surface area contributed by atoms with Crippen molar-refractivity contribution in [2.45, 2.75) is 110 Å². The smallest absolute Gasteiger partial charge is 0.303 e. The van der Waals surface area contributed by atoms with Crippen LogP contribution in [0.4, 0.5) is 0 Å². The highest BCUT2D eigenvalue weighted by Gasteiger charge is 1.97. The summed E-state index contributed by atoms with van der Waals surface area (Å²) in [7, 11) is 0. The van der Waals surface area contributed by atoms with E-state index < -0.39 is 5.97 Å². The third-order valence-corrected chi connectivity index (χ3v) is 3.99. The van der Waals surface area contributed by atoms with Crippen molar-refractivity contribution in [1.29, 1.82) is 0 Å². The van der Waals surface area contributed by atoms with Crippen LogP contribution in [0, 0.1) is 0 Å². The number of hydrogen-bond donors (Lipinski definition) is 2. The van der Waals surface area contributed by atoms with Crippen molar-refractivity contribution >= 4 is 5.97 Å². The molecule has 0 bridgehead atoms. The first kappa shape index (κ1) is 27.0. The van der Waals surface area contributed by atoms with Gasteiger partial charge in [-0.1, -0.05) is 96.8 Å². The Bertz CT molecular complexity index is 220. The molecule has 0 atom stereocenters. The number of carboxylic acid groups (broad SMARTS) is 1. The van der Waals surface area contributed by atoms with Gasteiger partial charge in [-0.15, -0.1) is 13.2 Å². The molecule has 0 saturated carbocycles. The molecule has 3 nitrogen and oxygen atoms in total. The summed E-state index contributed by atoms with van der Waals surface area (Å²) in [5, 5.41) is 8.52. The van der Waals surface area contributed by atoms with E-state index >= 15 is 0 Å². The van der Waals surface area contributed by atoms with Gasteiger partial charge in [-0.05, 0) is 6.42 Å². The summed E-state index contributed by atoms with van der Waals surface area (Å²) in [6, 6.07) is 0. The second-order valence-corrected chi connectivity index (χ2v) is 6.09. The Balaban J connectivity index is -0.00000128. The van der Waals surface area contributed by atoms with Crippen LogP contribution in [-0.4, -0.2) is 11.1 Å². The van der Waals surface area contributed by atoms with Crippen molar-refractivity contribution in [1.82, 2.24) is 6.15 Å². The number of hydrogen-bond acceptors (Lipinski definition) is 2. The van der Waals surface area contributed by atoms with E-state index in [-0.39, 0.29) is 6.15 Å². The average Bonchev–Trinajstić information content (AvgIpc) is 2.53. The van der Waals surface area contributed by atoms with Gasteiger partial charge in [0.15, 0.2) is 0 Å². The molecule has 0 aromatic heterocycles. The van der Waals surface area contributed by atoms with Crippen LogP contribution in [-0.2, 0) is 4.79 Å². The average molecular weight is 330 g/mol. The lowest BCUT2D eigenvalue weighted by atomic mass is 10.0. The Kier molecular flexibility index (Phi) is 30.7. The Morgan fingerprint density at radius 2 is 0.913 bits per heavy atom. The maximum absolute atomic E-state index is 10.3. The Labute approximate surface area is 145 Å². The van der Waals surface area contributed by atoms with Crippen LogP contribution < -0.4 is 6.15 Å². The van der Waals surface area contributed by atoms with Crippen LogP contribution in [0.3, 0.4) is 0 Å². The quantitative estimate of drug-likeness (QED) is 0.230. The molecule has 0 aromatic carbocycles. The van der Waals surface area contributed by atoms with E-state index in [2.05, 4.69) is 20.1 Å². The van der Waals surface area contributed by atoms with Crippen LogP contribution in [0.5, 0.6) is 0 Å². The van der Waals surface area contributed by atoms with Crippen LogP contribution in [0.2, 0.25) is 0 Å². The molecule has 0 aromatic rings. The van der Waals surface area contributed by atoms with Gasteiger partial charge < -0.3 is 11.3 Å². The lowest BCUT2D eigenvalue weighted by Crippen LogP contribution is -1.93. The SMILES string of the molecule is C=C.CCCCCCCCCCCCCCCCCC(=O)O.N. The highest BCUT2D eigenvalue weighted by Crippen LogP contribution is 2.13. The molecule has 140 valence electrons. The maximum Gasteiger partial charge on any atom is 0.303 e. The zero-order chi connectivity index (χ0) is 16.9. The summed E-state index contributed by atoms with van der Waals surface area (Å²) >= 11 is 0. The van der Waals surface area contributed by atoms with Crippen LogP contribution in [0.15, 0.2) is 13.2 Å². The number of unbranched alkanes of at least 4 members (excludes halogenated alkanes) is 14. The summed E-state index contributed by atoms with van der Waals surface area (Å²) in [6.45, 7) is 8.27. The van der Waals surface area contributed by atoms with Crippen molar-refractivity contribution in [3.63, 3.8) is 0 Å². The second-order valence-electron chi connectivity index (χ2n) is 6.09. The van der Waals surface area contributed by atoms with Crippen molar-refractivity contribution in [2.24, 2.45) is 0 Å². The molecule has 0 fully saturated rings. The van der Waals surface area contributed by atoms with E-state index in [1.54, 1.807) is 0 Å². The molecule has 0 unspecified atom stereocenters. The minimum atomic E-state index is -0.653. The molecule has 0 rings (SSSR count). The fraction of sp³-hybridized carbons (Fsp3) is 0.850. The number of carboxylic acids is 1. The fourth-order valence-electron chi connectivity index (χ4n) is 2.65. The molecule has 23 heavy (non-hydrogen) atoms. The van der Waals surface area contributed by atoms with Gasteiger partial charge in [-0.2, -0.15) is 0 Å². The molecule has 0 amide bonds. The van der Waals surface area contributed by atoms with Crippen LogP contribution in [0.25, 0.3) is 0 Å². The predicted molar refractivity (Wildman–Crippen MR) is 103 cm³/mol. The zero-order valence-corrected chi connectivity index (χ0v) is 15.8. The summed E-state index contributed by atoms with van der Waals surface area (Å²) in [5.41, 5.74) is 0. The first-order valence-corrected chi connectivity index (χ1v) is 9.49. The summed E-state index contributed by atoms with van der Waals surface area (Å²) < 4.78 is 0. The fourth-order valence-corrected chi connectivity index (χ4v) is 2.65. The Hall–Kier alpha value is -0.830. The Morgan fingerprint density at radius 1 is 0.652 bits per heavy atom. The van der Waals surface area contributed by atoms with Crippen LogP contribution in [0.1, 0.15) is 110 Å². The van der Waals surface area contributed by atoms with Gasteiger partial charge in [0.05, 0.1) is 0 Å². The van der Waals surface area contributed by atoms with E-state index in [0.717, 1.165) is 12.8 Å². The second kappa shape index (κ2) is 26.1. The molecule has 0 aliphatic rings. The van der Waals surface area contributed by atoms with Crippen molar-refractivity contribution in [2.75, 3.05) is 0 Å². The third kappa shape index (κ3) is 29.8. The molecule has 0 aliphatic carbocycles. The summed E-state index contributed by atoms with van der Waals surface area (Å²) in [4.78, 5) is 10.3. The van der Waals surface area contributed by atoms with Gasteiger partial charge in [-0.25, -0.2) is 0 Å². The maximum atomic E-state index is 10.3. The molecule has 3 heteroatoms. The summed E-state index contributed by atoms with van der Waals surface area (Å²) in [6.07, 6.45) is 20.2. The van der Waals surface area contributed by atoms with E-state index in [1.165, 1.54) is 83.5 Å². The normalized spacial score (nSPS) is 9.61. The van der Waals surface area contributed by atoms with Gasteiger partial charge >= 0.3 is 5.97 Å². The molecule has 0 spiro atoms. The molecular weight excluding hydrogens is 286 g/mol. The van der Waals surface area contributed by atoms with Gasteiger partial charge in [0.2, 0.25) is 0 Å². The molecule has 0 radical (unpaired) electrons. The van der Waals surface area contributed by atoms with E-state index in [4.69, 9.17) is 5.11 Å². The van der Waals surface area contributed by atoms with Gasteiger partial charge in [-0.3, -0.25) is 4.79 Å². The minimum absolute atomic E-state index is 0. The van der Waals surface area contributed by atoms with Crippen molar-refractivity contribution in [3.05, 3.63) is 13.2 Å². The van der Waals surface area contributed by atoms with E-state index in [9.17, 15) is 4.79 Å². The third-order valence-electron chi connectivity index (χ3n) is 3.99. The number of rotatable bonds is 16. The molecule has 0 aliphatic heterocycles. The highest BCUT2D eigenvalue weighted by molar-refractivity contribution is 5.66. The molecule has 0 heterocycles. The highest BCUT2D eigenvalue weighted by atomic mass is 16.4. The standard InChI is InChI=1S/C18H36O2.C2H4.H3N/c1-2-3-4-5-6-7-8-9-10-11-12-13-14-15-16-17-18(19)20;1-2;/h2-17H2,1H3,(H,19,20);1-2H2;1H3. The van der Waals surface area contributed by atoms with Crippen LogP contribution >= 0.6 is 0 Å². The Morgan fingerprint density at radius 3 is 1.17 bits per heavy atom. The van der Waals surface area contributed by atoms with E-state index in [0.29, 0.717) is 6.42 Å². The largest absolute Gasteiger partial charge is 0.481 e. The lowest BCUT2D eigenvalue weighted by Gasteiger charge is -2.03. The zero-order valence-electron chi connectivity index (χ0n) is 15.8. The topological polar surface area (TPSA) is 72.3 Å². The predicted octanol–water partition coefficient (Wildman–Crippen LogP) is 7.30. The first-order chi connectivity index (χ1) is 10.8. The van der Waals surface area contributed by atoms with Crippen molar-refractivity contribution < 1.29 is 9.90 Å². The first-order valence-electron chi connectivity index (χ1n) is 9.49. The minimum Gasteiger partial charge on any atom is -0.481 e. The summed E-state index contributed by atoms with van der Waals surface area (Å²) in [5.74, 6) is -0.653. The van der Waals surface area contributed by atoms with Gasteiger partial charge in [0.25, 0.3) is 0 Å². The number of aliphatic carboxylic acids is 1. The van der Waals surface area contributed by atoms with E-state index in [1.807, 2.05) is 0 Å². The van der Waals surface area contributed by atoms with Gasteiger partial charge in [0, 0.05) is 6.42 Å². The molecule has 4 N–H and O–H groups in total. The monoisotopic (exact) mass is 329 g/mol. The molecular formula is C20H43NO2. The lowest BCUT2D eigenvalue weighted by molar-refractivity contribution is -0.137. The molecule has 0 saturated heterocycles.